The summed E-state index contributed by atoms with van der Waals surface area (Å²) in [5, 5.41) is 3.70. The summed E-state index contributed by atoms with van der Waals surface area (Å²) in [6.07, 6.45) is 6.57. The Morgan fingerprint density at radius 3 is 2.68 bits per heavy atom. The Bertz CT molecular complexity index is 425. The van der Waals surface area contributed by atoms with Gasteiger partial charge < -0.3 is 10.1 Å². The Hall–Kier alpha value is -1.18. The van der Waals surface area contributed by atoms with Crippen LogP contribution in [0, 0.1) is 12.3 Å². The van der Waals surface area contributed by atoms with Crippen molar-refractivity contribution in [3.63, 3.8) is 0 Å². The molecule has 2 nitrogen and oxygen atoms in total. The maximum Gasteiger partial charge on any atom is 0.121 e. The Morgan fingerprint density at radius 1 is 1.21 bits per heavy atom. The van der Waals surface area contributed by atoms with Crippen molar-refractivity contribution in [2.75, 3.05) is 12.4 Å². The highest BCUT2D eigenvalue weighted by Gasteiger charge is 2.24. The number of aryl methyl sites for hydroxylation is 1. The van der Waals surface area contributed by atoms with Crippen LogP contribution in [0.3, 0.4) is 0 Å². The van der Waals surface area contributed by atoms with Crippen molar-refractivity contribution in [2.45, 2.75) is 58.9 Å². The van der Waals surface area contributed by atoms with Gasteiger partial charge in [0.05, 0.1) is 7.11 Å². The van der Waals surface area contributed by atoms with E-state index in [1.807, 2.05) is 0 Å². The highest BCUT2D eigenvalue weighted by Crippen LogP contribution is 2.35. The number of nitrogens with one attached hydrogen (secondary N) is 1. The number of hydrogen-bond acceptors (Lipinski definition) is 2. The number of methoxy groups -OCH3 is 1. The van der Waals surface area contributed by atoms with Crippen LogP contribution in [0.5, 0.6) is 5.75 Å². The van der Waals surface area contributed by atoms with Gasteiger partial charge in [0, 0.05) is 11.7 Å². The molecule has 1 atom stereocenters. The molecule has 1 aliphatic carbocycles. The lowest BCUT2D eigenvalue weighted by atomic mass is 9.85. The van der Waals surface area contributed by atoms with Crippen LogP contribution >= 0.6 is 0 Å². The normalized spacial score (nSPS) is 22.6. The number of benzene rings is 1. The van der Waals surface area contributed by atoms with Gasteiger partial charge in [0.15, 0.2) is 0 Å². The third-order valence-corrected chi connectivity index (χ3v) is 4.34. The zero-order valence-electron chi connectivity index (χ0n) is 12.8. The summed E-state index contributed by atoms with van der Waals surface area (Å²) < 4.78 is 5.31. The van der Waals surface area contributed by atoms with Crippen molar-refractivity contribution >= 4 is 5.69 Å². The fraction of sp³-hybridized carbons (Fsp3) is 0.647. The molecular weight excluding hydrogens is 234 g/mol. The molecule has 19 heavy (non-hydrogen) atoms. The van der Waals surface area contributed by atoms with Gasteiger partial charge in [-0.05, 0) is 61.8 Å². The molecule has 0 bridgehead atoms. The summed E-state index contributed by atoms with van der Waals surface area (Å²) in [7, 11) is 1.73. The van der Waals surface area contributed by atoms with Gasteiger partial charge in [-0.25, -0.2) is 0 Å². The summed E-state index contributed by atoms with van der Waals surface area (Å²) >= 11 is 0. The van der Waals surface area contributed by atoms with E-state index in [-0.39, 0.29) is 0 Å². The Labute approximate surface area is 117 Å². The van der Waals surface area contributed by atoms with E-state index in [2.05, 4.69) is 44.3 Å². The first-order chi connectivity index (χ1) is 9.00. The molecule has 1 aliphatic rings. The predicted molar refractivity (Wildman–Crippen MR) is 82.0 cm³/mol. The largest absolute Gasteiger partial charge is 0.496 e. The SMILES string of the molecule is COc1ccc(NC2CCCC(C)(C)CC2)cc1C. The highest BCUT2D eigenvalue weighted by molar-refractivity contribution is 5.51. The Morgan fingerprint density at radius 2 is 2.00 bits per heavy atom. The van der Waals surface area contributed by atoms with E-state index >= 15 is 0 Å². The lowest BCUT2D eigenvalue weighted by molar-refractivity contribution is 0.313. The molecule has 0 heterocycles. The van der Waals surface area contributed by atoms with Crippen molar-refractivity contribution in [3.8, 4) is 5.75 Å². The Kier molecular flexibility index (Phi) is 4.38. The molecule has 0 aliphatic heterocycles. The number of ether oxygens (including phenoxy) is 1. The number of rotatable bonds is 3. The third-order valence-electron chi connectivity index (χ3n) is 4.34. The molecule has 106 valence electrons. The van der Waals surface area contributed by atoms with Crippen LogP contribution in [0.25, 0.3) is 0 Å². The van der Waals surface area contributed by atoms with Crippen LogP contribution in [-0.4, -0.2) is 13.2 Å². The van der Waals surface area contributed by atoms with E-state index in [1.54, 1.807) is 7.11 Å². The van der Waals surface area contributed by atoms with E-state index in [0.29, 0.717) is 11.5 Å². The third kappa shape index (κ3) is 3.89. The Balaban J connectivity index is 1.99. The van der Waals surface area contributed by atoms with E-state index in [9.17, 15) is 0 Å². The van der Waals surface area contributed by atoms with Gasteiger partial charge in [-0.3, -0.25) is 0 Å². The molecule has 0 radical (unpaired) electrons. The van der Waals surface area contributed by atoms with Crippen molar-refractivity contribution in [3.05, 3.63) is 23.8 Å². The summed E-state index contributed by atoms with van der Waals surface area (Å²) in [6.45, 7) is 6.89. The van der Waals surface area contributed by atoms with Crippen LogP contribution < -0.4 is 10.1 Å². The van der Waals surface area contributed by atoms with Crippen molar-refractivity contribution in [1.29, 1.82) is 0 Å². The molecule has 1 aromatic rings. The van der Waals surface area contributed by atoms with E-state index in [0.717, 1.165) is 5.75 Å². The second-order valence-corrected chi connectivity index (χ2v) is 6.62. The van der Waals surface area contributed by atoms with Crippen LogP contribution in [0.15, 0.2) is 18.2 Å². The second-order valence-electron chi connectivity index (χ2n) is 6.62. The molecule has 2 heteroatoms. The smallest absolute Gasteiger partial charge is 0.121 e. The fourth-order valence-electron chi connectivity index (χ4n) is 3.01. The molecule has 1 fully saturated rings. The minimum atomic E-state index is 0.520. The zero-order chi connectivity index (χ0) is 13.9. The quantitative estimate of drug-likeness (QED) is 0.791. The summed E-state index contributed by atoms with van der Waals surface area (Å²) in [4.78, 5) is 0. The molecule has 1 unspecified atom stereocenters. The van der Waals surface area contributed by atoms with Gasteiger partial charge >= 0.3 is 0 Å². The summed E-state index contributed by atoms with van der Waals surface area (Å²) in [5.74, 6) is 0.965. The maximum absolute atomic E-state index is 5.31. The van der Waals surface area contributed by atoms with Gasteiger partial charge in [0.1, 0.15) is 5.75 Å². The molecule has 1 aromatic carbocycles. The standard InChI is InChI=1S/C17H27NO/c1-13-12-15(7-8-16(13)19-4)18-14-6-5-10-17(2,3)11-9-14/h7-8,12,14,18H,5-6,9-11H2,1-4H3. The van der Waals surface area contributed by atoms with Gasteiger partial charge in [-0.2, -0.15) is 0 Å². The number of hydrogen-bond donors (Lipinski definition) is 1. The lowest BCUT2D eigenvalue weighted by Crippen LogP contribution is -2.19. The highest BCUT2D eigenvalue weighted by atomic mass is 16.5. The molecule has 0 spiro atoms. The number of anilines is 1. The molecule has 0 saturated heterocycles. The van der Waals surface area contributed by atoms with E-state index in [4.69, 9.17) is 4.74 Å². The fourth-order valence-corrected chi connectivity index (χ4v) is 3.01. The first kappa shape index (κ1) is 14.2. The predicted octanol–water partition coefficient (Wildman–Crippen LogP) is 4.77. The van der Waals surface area contributed by atoms with E-state index in [1.165, 1.54) is 43.4 Å². The summed E-state index contributed by atoms with van der Waals surface area (Å²) in [6, 6.07) is 6.99. The monoisotopic (exact) mass is 261 g/mol. The van der Waals surface area contributed by atoms with Crippen LogP contribution in [0.2, 0.25) is 0 Å². The van der Waals surface area contributed by atoms with Crippen molar-refractivity contribution in [1.82, 2.24) is 0 Å². The first-order valence-electron chi connectivity index (χ1n) is 7.41. The van der Waals surface area contributed by atoms with Crippen LogP contribution in [0.1, 0.15) is 51.5 Å². The van der Waals surface area contributed by atoms with Gasteiger partial charge in [-0.15, -0.1) is 0 Å². The molecule has 1 saturated carbocycles. The maximum atomic E-state index is 5.31. The van der Waals surface area contributed by atoms with Crippen LogP contribution in [-0.2, 0) is 0 Å². The van der Waals surface area contributed by atoms with Gasteiger partial charge in [0.25, 0.3) is 0 Å². The molecular formula is C17H27NO. The molecule has 2 rings (SSSR count). The van der Waals surface area contributed by atoms with E-state index < -0.39 is 0 Å². The topological polar surface area (TPSA) is 21.3 Å². The average molecular weight is 261 g/mol. The van der Waals surface area contributed by atoms with Gasteiger partial charge in [0.2, 0.25) is 0 Å². The summed E-state index contributed by atoms with van der Waals surface area (Å²) in [5.41, 5.74) is 2.94. The van der Waals surface area contributed by atoms with Crippen LogP contribution in [0.4, 0.5) is 5.69 Å². The van der Waals surface area contributed by atoms with Crippen molar-refractivity contribution in [2.24, 2.45) is 5.41 Å². The minimum Gasteiger partial charge on any atom is -0.496 e. The minimum absolute atomic E-state index is 0.520. The van der Waals surface area contributed by atoms with Gasteiger partial charge in [-0.1, -0.05) is 20.3 Å². The molecule has 0 aromatic heterocycles. The average Bonchev–Trinajstić information content (AvgIpc) is 2.51. The lowest BCUT2D eigenvalue weighted by Gasteiger charge is -2.22. The second kappa shape index (κ2) is 5.85. The molecule has 0 amide bonds. The first-order valence-corrected chi connectivity index (χ1v) is 7.41. The molecule has 1 N–H and O–H groups in total. The zero-order valence-corrected chi connectivity index (χ0v) is 12.8. The van der Waals surface area contributed by atoms with Crippen molar-refractivity contribution < 1.29 is 4.74 Å².